The molecule has 4 heterocycles. The van der Waals surface area contributed by atoms with Gasteiger partial charge in [0.25, 0.3) is 0 Å². The summed E-state index contributed by atoms with van der Waals surface area (Å²) in [4.78, 5) is 2.60. The quantitative estimate of drug-likeness (QED) is 0.304. The van der Waals surface area contributed by atoms with Gasteiger partial charge < -0.3 is 24.7 Å². The molecule has 3 aromatic rings. The molecule has 244 valence electrons. The summed E-state index contributed by atoms with van der Waals surface area (Å²) < 4.78 is 77.4. The molecule has 3 aliphatic heterocycles. The van der Waals surface area contributed by atoms with Crippen LogP contribution in [0.4, 0.5) is 24.5 Å². The van der Waals surface area contributed by atoms with Crippen LogP contribution in [0, 0.1) is 23.2 Å². The van der Waals surface area contributed by atoms with Crippen LogP contribution in [0.25, 0.3) is 10.9 Å². The first kappa shape index (κ1) is 32.0. The molecule has 1 aliphatic carbocycles. The standard InChI is InChI=1S/C33H36F3N5O4S/c1-46(42,43)27-11-12-30(32(18-27)44-15-13-37)38-14-3-4-24-16-28-29(5-2-6-31(28)41(24)21-33(34,35)36)39-22-7-9-23(10-8-22)40-19-25-17-26(20-40)45-25/h2,5-6,11-12,16,18,22-23,25-26,38-39H,7-10,14-15,17,19-21H2,1H3/t22-,23+,25?,26?. The summed E-state index contributed by atoms with van der Waals surface area (Å²) in [6.07, 6.45) is 2.69. The number of nitrogens with one attached hydrogen (secondary N) is 2. The summed E-state index contributed by atoms with van der Waals surface area (Å²) in [6.45, 7) is 0.584. The molecule has 2 bridgehead atoms. The van der Waals surface area contributed by atoms with Gasteiger partial charge in [0, 0.05) is 55.0 Å². The fraction of sp³-hybridized carbons (Fsp3) is 0.485. The van der Waals surface area contributed by atoms with Crippen LogP contribution in [0.15, 0.2) is 47.4 Å². The normalized spacial score (nSPS) is 23.1. The fourth-order valence-corrected chi connectivity index (χ4v) is 7.37. The van der Waals surface area contributed by atoms with Crippen molar-refractivity contribution < 1.29 is 31.1 Å². The zero-order valence-corrected chi connectivity index (χ0v) is 26.3. The van der Waals surface area contributed by atoms with E-state index in [4.69, 9.17) is 14.7 Å². The summed E-state index contributed by atoms with van der Waals surface area (Å²) in [6, 6.07) is 13.9. The second kappa shape index (κ2) is 13.1. The van der Waals surface area contributed by atoms with Gasteiger partial charge in [-0.15, -0.1) is 0 Å². The number of halogens is 3. The highest BCUT2D eigenvalue weighted by Crippen LogP contribution is 2.35. The van der Waals surface area contributed by atoms with E-state index in [1.54, 1.807) is 18.2 Å². The maximum atomic E-state index is 13.7. The van der Waals surface area contributed by atoms with Gasteiger partial charge in [0.2, 0.25) is 0 Å². The summed E-state index contributed by atoms with van der Waals surface area (Å²) in [5, 5.41) is 16.2. The molecule has 4 fully saturated rings. The minimum absolute atomic E-state index is 0.0274. The molecule has 1 saturated carbocycles. The number of fused-ring (bicyclic) bond motifs is 3. The smallest absolute Gasteiger partial charge is 0.406 e. The Morgan fingerprint density at radius 3 is 2.48 bits per heavy atom. The number of rotatable bonds is 9. The number of piperidine rings is 1. The molecule has 2 unspecified atom stereocenters. The number of aromatic nitrogens is 1. The number of hydrogen-bond donors (Lipinski definition) is 2. The second-order valence-corrected chi connectivity index (χ2v) is 14.2. The van der Waals surface area contributed by atoms with Crippen LogP contribution in [0.5, 0.6) is 5.75 Å². The zero-order chi connectivity index (χ0) is 32.5. The fourth-order valence-electron chi connectivity index (χ4n) is 6.74. The van der Waals surface area contributed by atoms with Crippen molar-refractivity contribution >= 4 is 32.1 Å². The van der Waals surface area contributed by atoms with E-state index >= 15 is 0 Å². The second-order valence-electron chi connectivity index (χ2n) is 12.2. The van der Waals surface area contributed by atoms with E-state index in [1.807, 2.05) is 12.1 Å². The highest BCUT2D eigenvalue weighted by Gasteiger charge is 2.41. The third-order valence-corrected chi connectivity index (χ3v) is 10.0. The van der Waals surface area contributed by atoms with Gasteiger partial charge in [0.05, 0.1) is 40.5 Å². The van der Waals surface area contributed by atoms with Crippen LogP contribution in [0.1, 0.15) is 37.8 Å². The Kier molecular flexibility index (Phi) is 9.10. The predicted octanol–water partition coefficient (Wildman–Crippen LogP) is 5.17. The zero-order valence-electron chi connectivity index (χ0n) is 25.4. The Bertz CT molecular complexity index is 1780. The Morgan fingerprint density at radius 1 is 1.07 bits per heavy atom. The molecule has 0 spiro atoms. The first-order chi connectivity index (χ1) is 22.0. The summed E-state index contributed by atoms with van der Waals surface area (Å²) in [5.74, 6) is 5.93. The van der Waals surface area contributed by atoms with Crippen molar-refractivity contribution in [1.29, 1.82) is 5.26 Å². The van der Waals surface area contributed by atoms with Crippen molar-refractivity contribution in [2.75, 3.05) is 43.1 Å². The molecular weight excluding hydrogens is 619 g/mol. The highest BCUT2D eigenvalue weighted by atomic mass is 32.2. The minimum Gasteiger partial charge on any atom is -0.477 e. The van der Waals surface area contributed by atoms with Crippen molar-refractivity contribution in [2.45, 2.75) is 74.0 Å². The number of alkyl halides is 3. The number of nitrogens with zero attached hydrogens (tertiary/aromatic N) is 3. The first-order valence-electron chi connectivity index (χ1n) is 15.4. The summed E-state index contributed by atoms with van der Waals surface area (Å²) in [5.41, 5.74) is 1.87. The lowest BCUT2D eigenvalue weighted by Gasteiger charge is -2.50. The van der Waals surface area contributed by atoms with Crippen molar-refractivity contribution in [3.05, 3.63) is 48.2 Å². The molecule has 7 rings (SSSR count). The van der Waals surface area contributed by atoms with Crippen LogP contribution in [0.3, 0.4) is 0 Å². The van der Waals surface area contributed by atoms with Gasteiger partial charge in [-0.1, -0.05) is 12.0 Å². The van der Waals surface area contributed by atoms with E-state index in [-0.39, 0.29) is 35.5 Å². The lowest BCUT2D eigenvalue weighted by atomic mass is 9.87. The molecule has 0 radical (unpaired) electrons. The van der Waals surface area contributed by atoms with Gasteiger partial charge in [-0.2, -0.15) is 18.4 Å². The molecule has 2 aromatic carbocycles. The molecule has 46 heavy (non-hydrogen) atoms. The monoisotopic (exact) mass is 655 g/mol. The Morgan fingerprint density at radius 2 is 1.80 bits per heavy atom. The van der Waals surface area contributed by atoms with Crippen molar-refractivity contribution in [1.82, 2.24) is 9.47 Å². The molecule has 3 saturated heterocycles. The largest absolute Gasteiger partial charge is 0.477 e. The number of nitriles is 1. The third-order valence-electron chi connectivity index (χ3n) is 8.90. The first-order valence-corrected chi connectivity index (χ1v) is 17.3. The molecular formula is C33H36F3N5O4S. The lowest BCUT2D eigenvalue weighted by Crippen LogP contribution is -2.60. The van der Waals surface area contributed by atoms with Gasteiger partial charge in [-0.3, -0.25) is 4.90 Å². The number of benzene rings is 2. The van der Waals surface area contributed by atoms with Gasteiger partial charge in [-0.05, 0) is 61.9 Å². The molecule has 2 atom stereocenters. The Labute approximate surface area is 266 Å². The van der Waals surface area contributed by atoms with Crippen LogP contribution in [-0.4, -0.2) is 80.8 Å². The van der Waals surface area contributed by atoms with Gasteiger partial charge in [0.1, 0.15) is 18.4 Å². The maximum absolute atomic E-state index is 13.7. The van der Waals surface area contributed by atoms with E-state index in [9.17, 15) is 21.6 Å². The molecule has 13 heteroatoms. The van der Waals surface area contributed by atoms with E-state index < -0.39 is 22.6 Å². The molecule has 4 aliphatic rings. The average Bonchev–Trinajstić information content (AvgIpc) is 3.34. The lowest BCUT2D eigenvalue weighted by molar-refractivity contribution is -0.189. The van der Waals surface area contributed by atoms with Gasteiger partial charge >= 0.3 is 6.18 Å². The van der Waals surface area contributed by atoms with Crippen molar-refractivity contribution in [3.63, 3.8) is 0 Å². The van der Waals surface area contributed by atoms with Crippen molar-refractivity contribution in [3.8, 4) is 23.7 Å². The van der Waals surface area contributed by atoms with E-state index in [2.05, 4.69) is 27.4 Å². The topological polar surface area (TPSA) is 109 Å². The van der Waals surface area contributed by atoms with E-state index in [1.165, 1.54) is 29.2 Å². The van der Waals surface area contributed by atoms with E-state index in [0.29, 0.717) is 34.8 Å². The van der Waals surface area contributed by atoms with Gasteiger partial charge in [-0.25, -0.2) is 8.42 Å². The number of hydrogen-bond acceptors (Lipinski definition) is 8. The summed E-state index contributed by atoms with van der Waals surface area (Å²) >= 11 is 0. The Balaban J connectivity index is 1.17. The maximum Gasteiger partial charge on any atom is 0.406 e. The minimum atomic E-state index is -4.45. The van der Waals surface area contributed by atoms with Gasteiger partial charge in [0.15, 0.2) is 16.4 Å². The summed E-state index contributed by atoms with van der Waals surface area (Å²) in [7, 11) is -3.51. The average molecular weight is 656 g/mol. The molecule has 0 amide bonds. The van der Waals surface area contributed by atoms with Crippen LogP contribution in [0.2, 0.25) is 0 Å². The predicted molar refractivity (Wildman–Crippen MR) is 169 cm³/mol. The van der Waals surface area contributed by atoms with Crippen LogP contribution >= 0.6 is 0 Å². The van der Waals surface area contributed by atoms with Crippen LogP contribution < -0.4 is 15.4 Å². The van der Waals surface area contributed by atoms with Crippen LogP contribution in [-0.2, 0) is 21.1 Å². The number of anilines is 2. The SMILES string of the molecule is CS(=O)(=O)c1ccc(NCC#Cc2cc3c(N[C@H]4CC[C@@H](N5CC6CC(C5)O6)CC4)cccc3n2CC(F)(F)F)c(OCC#N)c1. The third kappa shape index (κ3) is 7.38. The highest BCUT2D eigenvalue weighted by molar-refractivity contribution is 7.90. The molecule has 1 aromatic heterocycles. The number of ether oxygens (including phenoxy) is 2. The van der Waals surface area contributed by atoms with Crippen molar-refractivity contribution in [2.24, 2.45) is 0 Å². The Hall–Kier alpha value is -3.91. The molecule has 9 nitrogen and oxygen atoms in total. The number of morpholine rings is 1. The molecule has 2 N–H and O–H groups in total. The van der Waals surface area contributed by atoms with E-state index in [0.717, 1.165) is 50.7 Å². The number of sulfone groups is 1.